The number of phenols is 2. The molecule has 1 atom stereocenters. The Labute approximate surface area is 186 Å². The molecule has 0 fully saturated rings. The van der Waals surface area contributed by atoms with E-state index in [1.54, 1.807) is 0 Å². The highest BCUT2D eigenvalue weighted by Gasteiger charge is 2.53. The molecule has 0 saturated carbocycles. The molecule has 10 heteroatoms. The summed E-state index contributed by atoms with van der Waals surface area (Å²) in [6.07, 6.45) is 0. The van der Waals surface area contributed by atoms with Crippen LogP contribution in [0.25, 0.3) is 0 Å². The minimum absolute atomic E-state index is 0.0838. The lowest BCUT2D eigenvalue weighted by atomic mass is 9.83. The largest absolute Gasteiger partial charge is 0.506 e. The van der Waals surface area contributed by atoms with E-state index in [9.17, 15) is 23.2 Å². The van der Waals surface area contributed by atoms with Gasteiger partial charge in [-0.2, -0.15) is 8.42 Å². The van der Waals surface area contributed by atoms with Crippen molar-refractivity contribution in [2.45, 2.75) is 4.75 Å². The van der Waals surface area contributed by atoms with E-state index in [2.05, 4.69) is 0 Å². The van der Waals surface area contributed by atoms with Crippen LogP contribution in [0, 0.1) is 0 Å². The summed E-state index contributed by atoms with van der Waals surface area (Å²) in [4.78, 5) is 0. The Morgan fingerprint density at radius 1 is 0.828 bits per heavy atom. The Morgan fingerprint density at radius 2 is 1.45 bits per heavy atom. The van der Waals surface area contributed by atoms with E-state index >= 15 is 0 Å². The fraction of sp³-hybridized carbons (Fsp3) is 0.0526. The van der Waals surface area contributed by atoms with Crippen molar-refractivity contribution < 1.29 is 23.2 Å². The van der Waals surface area contributed by atoms with Crippen LogP contribution in [-0.2, 0) is 14.9 Å². The normalized spacial score (nSPS) is 13.8. The Hall–Kier alpha value is -1.67. The summed E-state index contributed by atoms with van der Waals surface area (Å²) < 4.78 is 34.0. The molecule has 0 amide bonds. The molecule has 0 bridgehead atoms. The molecule has 0 spiro atoms. The number of rotatable bonds is 4. The van der Waals surface area contributed by atoms with E-state index < -0.39 is 31.9 Å². The third kappa shape index (κ3) is 3.54. The molecule has 0 aliphatic heterocycles. The lowest BCUT2D eigenvalue weighted by Gasteiger charge is -2.34. The number of hydrogen-bond acceptors (Lipinski definition) is 4. The van der Waals surface area contributed by atoms with Gasteiger partial charge in [-0.05, 0) is 35.9 Å². The van der Waals surface area contributed by atoms with Crippen molar-refractivity contribution in [3.63, 3.8) is 0 Å². The molecule has 0 heterocycles. The van der Waals surface area contributed by atoms with Crippen molar-refractivity contribution in [1.29, 1.82) is 0 Å². The monoisotopic (exact) mass is 492 g/mol. The molecule has 0 aliphatic carbocycles. The summed E-state index contributed by atoms with van der Waals surface area (Å²) in [6.45, 7) is 0. The third-order valence-electron chi connectivity index (χ3n) is 4.41. The predicted octanol–water partition coefficient (Wildman–Crippen LogP) is 5.89. The molecular formula is C19H12Cl4O5S. The number of hydrogen-bond donors (Lipinski definition) is 3. The first-order chi connectivity index (χ1) is 13.5. The van der Waals surface area contributed by atoms with Crippen LogP contribution in [0.4, 0.5) is 0 Å². The first-order valence-corrected chi connectivity index (χ1v) is 10.9. The van der Waals surface area contributed by atoms with E-state index in [4.69, 9.17) is 46.4 Å². The van der Waals surface area contributed by atoms with Crippen molar-refractivity contribution in [2.75, 3.05) is 0 Å². The van der Waals surface area contributed by atoms with Crippen molar-refractivity contribution in [3.8, 4) is 11.5 Å². The lowest BCUT2D eigenvalue weighted by Crippen LogP contribution is -2.39. The molecule has 152 valence electrons. The quantitative estimate of drug-likeness (QED) is 0.311. The zero-order chi connectivity index (χ0) is 21.6. The number of aromatic hydroxyl groups is 2. The molecule has 3 rings (SSSR count). The summed E-state index contributed by atoms with van der Waals surface area (Å²) in [6, 6.07) is 11.9. The molecule has 5 nitrogen and oxygen atoms in total. The van der Waals surface area contributed by atoms with Crippen LogP contribution < -0.4 is 0 Å². The maximum absolute atomic E-state index is 13.0. The van der Waals surface area contributed by atoms with Gasteiger partial charge in [0.25, 0.3) is 10.1 Å². The van der Waals surface area contributed by atoms with Crippen LogP contribution in [0.5, 0.6) is 11.5 Å². The summed E-state index contributed by atoms with van der Waals surface area (Å²) in [7, 11) is -5.16. The van der Waals surface area contributed by atoms with Gasteiger partial charge in [0, 0.05) is 21.2 Å². The standard InChI is InChI=1S/C19H12Cl4O5S/c20-11-4-1-3-10(9-11)19(29(26,27)28,12-5-2-6-15(24)17(12)23)16-13(21)7-8-14(22)18(16)25/h1-9,24-25H,(H,26,27,28). The third-order valence-corrected chi connectivity index (χ3v) is 7.09. The fourth-order valence-corrected chi connectivity index (χ4v) is 5.59. The lowest BCUT2D eigenvalue weighted by molar-refractivity contribution is 0.439. The van der Waals surface area contributed by atoms with Gasteiger partial charge in [0.15, 0.2) is 4.75 Å². The Morgan fingerprint density at radius 3 is 2.07 bits per heavy atom. The van der Waals surface area contributed by atoms with Crippen molar-refractivity contribution in [2.24, 2.45) is 0 Å². The average molecular weight is 494 g/mol. The summed E-state index contributed by atoms with van der Waals surface area (Å²) in [5.41, 5.74) is -0.785. The second-order valence-corrected chi connectivity index (χ2v) is 9.25. The fourth-order valence-electron chi connectivity index (χ4n) is 3.23. The van der Waals surface area contributed by atoms with Crippen LogP contribution in [-0.4, -0.2) is 23.2 Å². The highest BCUT2D eigenvalue weighted by Crippen LogP contribution is 2.54. The highest BCUT2D eigenvalue weighted by molar-refractivity contribution is 7.87. The van der Waals surface area contributed by atoms with Gasteiger partial charge < -0.3 is 10.2 Å². The molecule has 3 aromatic rings. The number of phenolic OH excluding ortho intramolecular Hbond substituents is 2. The molecule has 3 aromatic carbocycles. The maximum atomic E-state index is 13.0. The van der Waals surface area contributed by atoms with Crippen LogP contribution in [0.15, 0.2) is 54.6 Å². The van der Waals surface area contributed by atoms with Crippen LogP contribution in [0.3, 0.4) is 0 Å². The molecular weight excluding hydrogens is 482 g/mol. The van der Waals surface area contributed by atoms with E-state index in [1.165, 1.54) is 54.6 Å². The Kier molecular flexibility index (Phi) is 5.98. The summed E-state index contributed by atoms with van der Waals surface area (Å²) in [5, 5.41) is 20.2. The predicted molar refractivity (Wildman–Crippen MR) is 114 cm³/mol. The van der Waals surface area contributed by atoms with Crippen molar-refractivity contribution in [1.82, 2.24) is 0 Å². The highest BCUT2D eigenvalue weighted by atomic mass is 35.5. The maximum Gasteiger partial charge on any atom is 0.283 e. The van der Waals surface area contributed by atoms with E-state index in [0.29, 0.717) is 0 Å². The average Bonchev–Trinajstić information content (AvgIpc) is 2.64. The Bertz CT molecular complexity index is 1210. The molecule has 0 radical (unpaired) electrons. The van der Waals surface area contributed by atoms with Crippen molar-refractivity contribution >= 4 is 56.5 Å². The number of benzene rings is 3. The zero-order valence-corrected chi connectivity index (χ0v) is 18.1. The smallest absolute Gasteiger partial charge is 0.283 e. The SMILES string of the molecule is O=S(=O)(O)C(c1cccc(Cl)c1)(c1cccc(O)c1Cl)c1c(Cl)ccc(Cl)c1O. The van der Waals surface area contributed by atoms with Crippen LogP contribution >= 0.6 is 46.4 Å². The van der Waals surface area contributed by atoms with Crippen molar-refractivity contribution in [3.05, 3.63) is 91.4 Å². The number of halogens is 4. The first kappa shape index (κ1) is 22.0. The van der Waals surface area contributed by atoms with Gasteiger partial charge in [0.1, 0.15) is 11.5 Å². The topological polar surface area (TPSA) is 94.8 Å². The molecule has 0 aliphatic rings. The second kappa shape index (κ2) is 7.87. The summed E-state index contributed by atoms with van der Waals surface area (Å²) in [5.74, 6) is -1.13. The van der Waals surface area contributed by atoms with E-state index in [-0.39, 0.29) is 31.2 Å². The minimum Gasteiger partial charge on any atom is -0.506 e. The van der Waals surface area contributed by atoms with Gasteiger partial charge in [0.05, 0.1) is 10.0 Å². The van der Waals surface area contributed by atoms with E-state index in [0.717, 1.165) is 0 Å². The molecule has 29 heavy (non-hydrogen) atoms. The first-order valence-electron chi connectivity index (χ1n) is 7.90. The molecule has 0 aromatic heterocycles. The van der Waals surface area contributed by atoms with Gasteiger partial charge in [-0.1, -0.05) is 70.7 Å². The minimum atomic E-state index is -5.16. The van der Waals surface area contributed by atoms with Gasteiger partial charge in [-0.25, -0.2) is 0 Å². The second-order valence-electron chi connectivity index (χ2n) is 6.06. The molecule has 3 N–H and O–H groups in total. The summed E-state index contributed by atoms with van der Waals surface area (Å²) >= 11 is 24.6. The Balaban J connectivity index is 2.68. The zero-order valence-electron chi connectivity index (χ0n) is 14.3. The van der Waals surface area contributed by atoms with Crippen LogP contribution in [0.2, 0.25) is 20.1 Å². The van der Waals surface area contributed by atoms with Gasteiger partial charge in [-0.15, -0.1) is 0 Å². The molecule has 0 saturated heterocycles. The van der Waals surface area contributed by atoms with Gasteiger partial charge >= 0.3 is 0 Å². The van der Waals surface area contributed by atoms with E-state index in [1.807, 2.05) is 0 Å². The van der Waals surface area contributed by atoms with Crippen LogP contribution in [0.1, 0.15) is 16.7 Å². The molecule has 1 unspecified atom stereocenters. The van der Waals surface area contributed by atoms with Gasteiger partial charge in [0.2, 0.25) is 0 Å². The van der Waals surface area contributed by atoms with Gasteiger partial charge in [-0.3, -0.25) is 4.55 Å².